The molecule has 1 saturated carbocycles. The van der Waals surface area contributed by atoms with Crippen molar-refractivity contribution in [2.45, 2.75) is 31.9 Å². The number of aliphatic imine (C=N–C) groups is 1. The summed E-state index contributed by atoms with van der Waals surface area (Å²) >= 11 is 1.59. The third kappa shape index (κ3) is 2.80. The molecule has 5 nitrogen and oxygen atoms in total. The van der Waals surface area contributed by atoms with Crippen LogP contribution in [0.15, 0.2) is 48.0 Å². The molecule has 0 amide bonds. The van der Waals surface area contributed by atoms with Crippen LogP contribution in [0.4, 0.5) is 0 Å². The van der Waals surface area contributed by atoms with Crippen LogP contribution in [0.1, 0.15) is 25.8 Å². The van der Waals surface area contributed by atoms with E-state index < -0.39 is 5.54 Å². The van der Waals surface area contributed by atoms with E-state index >= 15 is 0 Å². The summed E-state index contributed by atoms with van der Waals surface area (Å²) in [5.74, 6) is 1.22. The van der Waals surface area contributed by atoms with Crippen LogP contribution in [-0.2, 0) is 5.54 Å². The molecule has 126 valence electrons. The highest BCUT2D eigenvalue weighted by atomic mass is 32.2. The largest absolute Gasteiger partial charge is 0.393 e. The molecule has 0 radical (unpaired) electrons. The van der Waals surface area contributed by atoms with E-state index in [0.717, 1.165) is 28.9 Å². The number of rotatable bonds is 2. The number of thioether (sulfide) groups is 1. The molecule has 0 unspecified atom stereocenters. The molecule has 1 aromatic heterocycles. The van der Waals surface area contributed by atoms with Gasteiger partial charge in [-0.3, -0.25) is 4.99 Å². The van der Waals surface area contributed by atoms with E-state index in [-0.39, 0.29) is 13.5 Å². The highest BCUT2D eigenvalue weighted by Gasteiger charge is 2.50. The fourth-order valence-electron chi connectivity index (χ4n) is 3.72. The summed E-state index contributed by atoms with van der Waals surface area (Å²) in [4.78, 5) is 13.0. The number of amidine groups is 1. The van der Waals surface area contributed by atoms with Crippen molar-refractivity contribution in [1.29, 1.82) is 0 Å². The number of aromatic nitrogens is 2. The van der Waals surface area contributed by atoms with Crippen LogP contribution in [0, 0.1) is 5.92 Å². The second-order valence-corrected chi connectivity index (χ2v) is 7.22. The monoisotopic (exact) mass is 342 g/mol. The topological polar surface area (TPSA) is 84.4 Å². The van der Waals surface area contributed by atoms with E-state index in [1.807, 2.05) is 12.1 Å². The van der Waals surface area contributed by atoms with Gasteiger partial charge in [-0.1, -0.05) is 37.4 Å². The van der Waals surface area contributed by atoms with E-state index in [0.29, 0.717) is 17.5 Å². The Morgan fingerprint density at radius 3 is 2.79 bits per heavy atom. The van der Waals surface area contributed by atoms with Crippen LogP contribution in [0.5, 0.6) is 0 Å². The van der Waals surface area contributed by atoms with Gasteiger partial charge in [0.05, 0.1) is 11.6 Å². The standard InChI is InChI=1S/C17H18N4OS.CH4/c18-16-21-17(6-15(22)5-14(17)9-23-16)13-3-1-2-11(4-13)12-7-19-10-20-8-12;/h1-4,7-8,10,14-15,22H,5-6,9H2,(H2,18,21);1H4/t14-,15+,17+;/m0./s1. The van der Waals surface area contributed by atoms with Crippen LogP contribution in [0.25, 0.3) is 11.1 Å². The first-order valence-corrected chi connectivity index (χ1v) is 8.68. The van der Waals surface area contributed by atoms with Gasteiger partial charge in [0.15, 0.2) is 5.17 Å². The predicted octanol–water partition coefficient (Wildman–Crippen LogP) is 2.81. The maximum Gasteiger partial charge on any atom is 0.154 e. The lowest BCUT2D eigenvalue weighted by Crippen LogP contribution is -2.36. The normalized spacial score (nSPS) is 28.6. The van der Waals surface area contributed by atoms with Crippen LogP contribution < -0.4 is 5.73 Å². The van der Waals surface area contributed by atoms with Crippen molar-refractivity contribution in [3.8, 4) is 11.1 Å². The van der Waals surface area contributed by atoms with Crippen molar-refractivity contribution < 1.29 is 5.11 Å². The van der Waals surface area contributed by atoms with Crippen LogP contribution >= 0.6 is 11.8 Å². The molecule has 2 aliphatic rings. The molecule has 0 spiro atoms. The second kappa shape index (κ2) is 6.53. The smallest absolute Gasteiger partial charge is 0.154 e. The molecule has 1 aliphatic carbocycles. The number of nitrogens with zero attached hydrogens (tertiary/aromatic N) is 3. The summed E-state index contributed by atoms with van der Waals surface area (Å²) in [5, 5.41) is 10.8. The lowest BCUT2D eigenvalue weighted by molar-refractivity contribution is 0.173. The van der Waals surface area contributed by atoms with Crippen molar-refractivity contribution in [1.82, 2.24) is 9.97 Å². The third-order valence-corrected chi connectivity index (χ3v) is 5.73. The van der Waals surface area contributed by atoms with Crippen molar-refractivity contribution in [2.75, 3.05) is 5.75 Å². The zero-order chi connectivity index (χ0) is 15.9. The fourth-order valence-corrected chi connectivity index (χ4v) is 4.74. The molecule has 6 heteroatoms. The number of aliphatic hydroxyl groups excluding tert-OH is 1. The summed E-state index contributed by atoms with van der Waals surface area (Å²) in [6.07, 6.45) is 6.23. The predicted molar refractivity (Wildman–Crippen MR) is 98.7 cm³/mol. The lowest BCUT2D eigenvalue weighted by atomic mass is 9.81. The Kier molecular flexibility index (Phi) is 4.60. The van der Waals surface area contributed by atoms with E-state index in [1.165, 1.54) is 6.33 Å². The number of nitrogens with two attached hydrogens (primary N) is 1. The Morgan fingerprint density at radius 2 is 2.00 bits per heavy atom. The van der Waals surface area contributed by atoms with Gasteiger partial charge in [0, 0.05) is 36.0 Å². The second-order valence-electron chi connectivity index (χ2n) is 6.18. The van der Waals surface area contributed by atoms with Gasteiger partial charge in [-0.05, 0) is 23.6 Å². The molecule has 4 rings (SSSR count). The zero-order valence-corrected chi connectivity index (χ0v) is 13.4. The number of benzene rings is 1. The maximum absolute atomic E-state index is 10.2. The molecule has 3 N–H and O–H groups in total. The van der Waals surface area contributed by atoms with Crippen LogP contribution in [0.2, 0.25) is 0 Å². The molecule has 0 saturated heterocycles. The Balaban J connectivity index is 0.00000169. The zero-order valence-electron chi connectivity index (χ0n) is 12.6. The van der Waals surface area contributed by atoms with Gasteiger partial charge in [0.1, 0.15) is 6.33 Å². The molecule has 1 fully saturated rings. The molecule has 2 aromatic rings. The summed E-state index contributed by atoms with van der Waals surface area (Å²) in [6, 6.07) is 8.30. The van der Waals surface area contributed by atoms with Gasteiger partial charge in [-0.2, -0.15) is 0 Å². The summed E-state index contributed by atoms with van der Waals surface area (Å²) < 4.78 is 0. The summed E-state index contributed by atoms with van der Waals surface area (Å²) in [7, 11) is 0. The summed E-state index contributed by atoms with van der Waals surface area (Å²) in [6.45, 7) is 0. The molecule has 1 aliphatic heterocycles. The van der Waals surface area contributed by atoms with Gasteiger partial charge >= 0.3 is 0 Å². The van der Waals surface area contributed by atoms with Gasteiger partial charge in [-0.25, -0.2) is 9.97 Å². The minimum Gasteiger partial charge on any atom is -0.393 e. The molecular formula is C18H22N4OS. The van der Waals surface area contributed by atoms with Crippen LogP contribution in [0.3, 0.4) is 0 Å². The average molecular weight is 342 g/mol. The highest BCUT2D eigenvalue weighted by molar-refractivity contribution is 8.13. The van der Waals surface area contributed by atoms with E-state index in [2.05, 4.69) is 22.1 Å². The molecule has 3 atom stereocenters. The van der Waals surface area contributed by atoms with Gasteiger partial charge in [0.25, 0.3) is 0 Å². The minimum atomic E-state index is -0.402. The molecule has 2 heterocycles. The minimum absolute atomic E-state index is 0. The first-order valence-electron chi connectivity index (χ1n) is 7.69. The first kappa shape index (κ1) is 16.9. The van der Waals surface area contributed by atoms with Gasteiger partial charge in [-0.15, -0.1) is 0 Å². The fraction of sp³-hybridized carbons (Fsp3) is 0.389. The van der Waals surface area contributed by atoms with Crippen molar-refractivity contribution in [3.63, 3.8) is 0 Å². The van der Waals surface area contributed by atoms with Crippen LogP contribution in [-0.4, -0.2) is 32.1 Å². The lowest BCUT2D eigenvalue weighted by Gasteiger charge is -2.35. The summed E-state index contributed by atoms with van der Waals surface area (Å²) in [5.41, 5.74) is 8.77. The van der Waals surface area contributed by atoms with Gasteiger partial charge in [0.2, 0.25) is 0 Å². The molecule has 1 aromatic carbocycles. The molecule has 0 bridgehead atoms. The maximum atomic E-state index is 10.2. The molecule has 24 heavy (non-hydrogen) atoms. The first-order chi connectivity index (χ1) is 11.2. The van der Waals surface area contributed by atoms with E-state index in [1.54, 1.807) is 24.2 Å². The number of hydrogen-bond donors (Lipinski definition) is 2. The average Bonchev–Trinajstić information content (AvgIpc) is 2.92. The van der Waals surface area contributed by atoms with Crippen molar-refractivity contribution in [2.24, 2.45) is 16.6 Å². The Hall–Kier alpha value is -1.92. The van der Waals surface area contributed by atoms with Crippen molar-refractivity contribution >= 4 is 16.9 Å². The van der Waals surface area contributed by atoms with E-state index in [4.69, 9.17) is 10.7 Å². The molecular weight excluding hydrogens is 320 g/mol. The highest BCUT2D eigenvalue weighted by Crippen LogP contribution is 2.51. The third-order valence-electron chi connectivity index (χ3n) is 4.78. The SMILES string of the molecule is C.NC1=N[C@@]2(c3cccc(-c4cncnc4)c3)C[C@H](O)C[C@H]2CS1. The Bertz CT molecular complexity index is 752. The van der Waals surface area contributed by atoms with Crippen molar-refractivity contribution in [3.05, 3.63) is 48.5 Å². The van der Waals surface area contributed by atoms with Gasteiger partial charge < -0.3 is 10.8 Å². The van der Waals surface area contributed by atoms with E-state index in [9.17, 15) is 5.11 Å². The number of fused-ring (bicyclic) bond motifs is 1. The number of aliphatic hydroxyl groups is 1. The Morgan fingerprint density at radius 1 is 1.21 bits per heavy atom. The Labute approximate surface area is 146 Å². The number of hydrogen-bond acceptors (Lipinski definition) is 6. The quantitative estimate of drug-likeness (QED) is 0.877.